The Balaban J connectivity index is 2.48. The fourth-order valence-electron chi connectivity index (χ4n) is 2.17. The fourth-order valence-corrected chi connectivity index (χ4v) is 2.17. The maximum absolute atomic E-state index is 5.71. The van der Waals surface area contributed by atoms with Gasteiger partial charge < -0.3 is 9.64 Å². The van der Waals surface area contributed by atoms with Crippen LogP contribution in [0, 0.1) is 0 Å². The molecule has 0 spiro atoms. The second-order valence-corrected chi connectivity index (χ2v) is 6.94. The maximum Gasteiger partial charge on any atom is 0.172 e. The monoisotopic (exact) mass is 248 g/mol. The van der Waals surface area contributed by atoms with Crippen molar-refractivity contribution in [2.24, 2.45) is 0 Å². The molecule has 1 aliphatic heterocycles. The van der Waals surface area contributed by atoms with Crippen LogP contribution >= 0.6 is 0 Å². The smallest absolute Gasteiger partial charge is 0.172 e. The Morgan fingerprint density at radius 2 is 1.78 bits per heavy atom. The molecule has 18 heavy (non-hydrogen) atoms. The van der Waals surface area contributed by atoms with Gasteiger partial charge >= 0.3 is 0 Å². The van der Waals surface area contributed by atoms with Crippen molar-refractivity contribution in [1.29, 1.82) is 0 Å². The quantitative estimate of drug-likeness (QED) is 0.704. The first-order valence-electron chi connectivity index (χ1n) is 6.61. The molecule has 0 fully saturated rings. The summed E-state index contributed by atoms with van der Waals surface area (Å²) in [7, 11) is 0. The van der Waals surface area contributed by atoms with E-state index in [1.54, 1.807) is 0 Å². The Hall–Kier alpha value is -1.25. The number of hydrogen-bond donors (Lipinski definition) is 0. The third-order valence-electron chi connectivity index (χ3n) is 3.25. The molecule has 0 unspecified atom stereocenters. The second kappa shape index (κ2) is 4.15. The summed E-state index contributed by atoms with van der Waals surface area (Å²) in [6, 6.07) is 4.13. The number of nitrogens with zero attached hydrogens (tertiary/aromatic N) is 2. The van der Waals surface area contributed by atoms with Crippen LogP contribution in [0.4, 0.5) is 5.82 Å². The number of aromatic nitrogens is 1. The molecule has 0 atom stereocenters. The van der Waals surface area contributed by atoms with Crippen molar-refractivity contribution in [3.05, 3.63) is 17.8 Å². The molecular formula is C15H24N2O. The highest BCUT2D eigenvalue weighted by molar-refractivity contribution is 5.56. The van der Waals surface area contributed by atoms with Crippen LogP contribution in [0.3, 0.4) is 0 Å². The summed E-state index contributed by atoms with van der Waals surface area (Å²) < 4.78 is 5.71. The SMILES string of the molecule is CC(C)(C)c1ccc2c(n1)N(C(C)(C)C)CCO2. The molecule has 0 saturated heterocycles. The Kier molecular flexibility index (Phi) is 3.04. The summed E-state index contributed by atoms with van der Waals surface area (Å²) in [6.45, 7) is 14.8. The van der Waals surface area contributed by atoms with Crippen LogP contribution in [-0.2, 0) is 5.41 Å². The predicted octanol–water partition coefficient (Wildman–Crippen LogP) is 3.38. The zero-order valence-corrected chi connectivity index (χ0v) is 12.4. The molecule has 2 rings (SSSR count). The molecule has 0 radical (unpaired) electrons. The zero-order valence-electron chi connectivity index (χ0n) is 12.4. The van der Waals surface area contributed by atoms with E-state index in [0.29, 0.717) is 0 Å². The van der Waals surface area contributed by atoms with E-state index in [4.69, 9.17) is 9.72 Å². The minimum atomic E-state index is 0.0655. The van der Waals surface area contributed by atoms with E-state index in [1.165, 1.54) is 0 Å². The second-order valence-electron chi connectivity index (χ2n) is 6.94. The number of pyridine rings is 1. The van der Waals surface area contributed by atoms with Crippen LogP contribution in [0.25, 0.3) is 0 Å². The van der Waals surface area contributed by atoms with Gasteiger partial charge in [-0.2, -0.15) is 0 Å². The molecule has 0 aromatic carbocycles. The van der Waals surface area contributed by atoms with Gasteiger partial charge in [-0.05, 0) is 32.9 Å². The van der Waals surface area contributed by atoms with Gasteiger partial charge in [-0.15, -0.1) is 0 Å². The van der Waals surface area contributed by atoms with Gasteiger partial charge in [0.15, 0.2) is 11.6 Å². The Morgan fingerprint density at radius 1 is 1.11 bits per heavy atom. The highest BCUT2D eigenvalue weighted by Crippen LogP contribution is 2.36. The molecule has 2 heterocycles. The molecular weight excluding hydrogens is 224 g/mol. The summed E-state index contributed by atoms with van der Waals surface area (Å²) in [5.74, 6) is 1.89. The molecule has 1 aromatic rings. The summed E-state index contributed by atoms with van der Waals surface area (Å²) in [5, 5.41) is 0. The maximum atomic E-state index is 5.71. The lowest BCUT2D eigenvalue weighted by Gasteiger charge is -2.40. The van der Waals surface area contributed by atoms with Crippen molar-refractivity contribution in [2.75, 3.05) is 18.1 Å². The molecule has 0 N–H and O–H groups in total. The first-order valence-corrected chi connectivity index (χ1v) is 6.61. The van der Waals surface area contributed by atoms with E-state index < -0.39 is 0 Å². The Morgan fingerprint density at radius 3 is 2.33 bits per heavy atom. The van der Waals surface area contributed by atoms with Gasteiger partial charge in [0.1, 0.15) is 6.61 Å². The van der Waals surface area contributed by atoms with E-state index in [2.05, 4.69) is 58.6 Å². The Bertz CT molecular complexity index is 441. The third-order valence-corrected chi connectivity index (χ3v) is 3.25. The van der Waals surface area contributed by atoms with Crippen molar-refractivity contribution in [2.45, 2.75) is 52.5 Å². The van der Waals surface area contributed by atoms with Crippen molar-refractivity contribution in [3.63, 3.8) is 0 Å². The number of anilines is 1. The van der Waals surface area contributed by atoms with Crippen LogP contribution in [-0.4, -0.2) is 23.7 Å². The standard InChI is InChI=1S/C15H24N2O/c1-14(2,3)12-8-7-11-13(16-12)17(9-10-18-11)15(4,5)6/h7-8H,9-10H2,1-6H3. The lowest BCUT2D eigenvalue weighted by atomic mass is 9.91. The predicted molar refractivity (Wildman–Crippen MR) is 75.5 cm³/mol. The topological polar surface area (TPSA) is 25.4 Å². The average Bonchev–Trinajstić information content (AvgIpc) is 2.25. The number of fused-ring (bicyclic) bond motifs is 1. The zero-order chi connectivity index (χ0) is 13.6. The van der Waals surface area contributed by atoms with Crippen molar-refractivity contribution < 1.29 is 4.74 Å². The molecule has 0 saturated carbocycles. The van der Waals surface area contributed by atoms with Crippen molar-refractivity contribution in [3.8, 4) is 5.75 Å². The van der Waals surface area contributed by atoms with E-state index >= 15 is 0 Å². The molecule has 0 aliphatic carbocycles. The van der Waals surface area contributed by atoms with Crippen LogP contribution in [0.1, 0.15) is 47.2 Å². The van der Waals surface area contributed by atoms with Crippen molar-refractivity contribution >= 4 is 5.82 Å². The van der Waals surface area contributed by atoms with E-state index in [1.807, 2.05) is 0 Å². The minimum absolute atomic E-state index is 0.0655. The van der Waals surface area contributed by atoms with Crippen LogP contribution in [0.2, 0.25) is 0 Å². The highest BCUT2D eigenvalue weighted by atomic mass is 16.5. The fraction of sp³-hybridized carbons (Fsp3) is 0.667. The van der Waals surface area contributed by atoms with Gasteiger partial charge in [-0.3, -0.25) is 0 Å². The first kappa shape index (κ1) is 13.2. The lowest BCUT2D eigenvalue weighted by Crippen LogP contribution is -2.46. The molecule has 3 nitrogen and oxygen atoms in total. The van der Waals surface area contributed by atoms with E-state index in [-0.39, 0.29) is 11.0 Å². The normalized spacial score (nSPS) is 16.2. The summed E-state index contributed by atoms with van der Waals surface area (Å²) in [6.07, 6.45) is 0. The van der Waals surface area contributed by atoms with Crippen molar-refractivity contribution in [1.82, 2.24) is 4.98 Å². The van der Waals surface area contributed by atoms with E-state index in [9.17, 15) is 0 Å². The van der Waals surface area contributed by atoms with Gasteiger partial charge in [0.25, 0.3) is 0 Å². The summed E-state index contributed by atoms with van der Waals surface area (Å²) in [4.78, 5) is 7.17. The van der Waals surface area contributed by atoms with Gasteiger partial charge in [-0.25, -0.2) is 4.98 Å². The minimum Gasteiger partial charge on any atom is -0.488 e. The number of ether oxygens (including phenoxy) is 1. The molecule has 100 valence electrons. The largest absolute Gasteiger partial charge is 0.488 e. The van der Waals surface area contributed by atoms with Crippen LogP contribution in [0.5, 0.6) is 5.75 Å². The van der Waals surface area contributed by atoms with Gasteiger partial charge in [0.05, 0.1) is 6.54 Å². The number of hydrogen-bond acceptors (Lipinski definition) is 3. The molecule has 1 aromatic heterocycles. The summed E-state index contributed by atoms with van der Waals surface area (Å²) in [5.41, 5.74) is 1.25. The van der Waals surface area contributed by atoms with Gasteiger partial charge in [0.2, 0.25) is 0 Å². The summed E-state index contributed by atoms with van der Waals surface area (Å²) >= 11 is 0. The van der Waals surface area contributed by atoms with Crippen LogP contribution in [0.15, 0.2) is 12.1 Å². The first-order chi connectivity index (χ1) is 8.19. The third kappa shape index (κ3) is 2.45. The van der Waals surface area contributed by atoms with Crippen LogP contribution < -0.4 is 9.64 Å². The molecule has 1 aliphatic rings. The Labute approximate surface area is 110 Å². The van der Waals surface area contributed by atoms with Gasteiger partial charge in [-0.1, -0.05) is 20.8 Å². The highest BCUT2D eigenvalue weighted by Gasteiger charge is 2.30. The number of rotatable bonds is 0. The van der Waals surface area contributed by atoms with E-state index in [0.717, 1.165) is 30.4 Å². The molecule has 0 bridgehead atoms. The molecule has 0 amide bonds. The van der Waals surface area contributed by atoms with Gasteiger partial charge in [0, 0.05) is 16.6 Å². The molecule has 3 heteroatoms. The average molecular weight is 248 g/mol. The lowest BCUT2D eigenvalue weighted by molar-refractivity contribution is 0.285.